The van der Waals surface area contributed by atoms with E-state index < -0.39 is 0 Å². The maximum Gasteiger partial charge on any atom is 0.0587 e. The molecule has 0 fully saturated rings. The van der Waals surface area contributed by atoms with Gasteiger partial charge in [-0.2, -0.15) is 0 Å². The number of hydrogen-bond donors (Lipinski definition) is 1. The van der Waals surface area contributed by atoms with Crippen LogP contribution in [-0.4, -0.2) is 40.0 Å². The molecule has 1 N–H and O–H groups in total. The molecule has 14 heavy (non-hydrogen) atoms. The minimum atomic E-state index is 0.365. The van der Waals surface area contributed by atoms with Gasteiger partial charge in [0.25, 0.3) is 0 Å². The van der Waals surface area contributed by atoms with Crippen LogP contribution in [0.3, 0.4) is 0 Å². The molecule has 0 bridgehead atoms. The Balaban J connectivity index is 3.47. The highest BCUT2D eigenvalue weighted by Gasteiger charge is 2.10. The lowest BCUT2D eigenvalue weighted by Crippen LogP contribution is -2.28. The van der Waals surface area contributed by atoms with Gasteiger partial charge in [0, 0.05) is 20.8 Å². The van der Waals surface area contributed by atoms with Crippen molar-refractivity contribution >= 4 is 0 Å². The Bertz CT molecular complexity index is 120. The van der Waals surface area contributed by atoms with Crippen molar-refractivity contribution < 1.29 is 9.47 Å². The molecule has 0 aromatic carbocycles. The van der Waals surface area contributed by atoms with Crippen LogP contribution in [0.5, 0.6) is 0 Å². The second-order valence-corrected chi connectivity index (χ2v) is 3.75. The van der Waals surface area contributed by atoms with E-state index in [1.807, 2.05) is 0 Å². The highest BCUT2D eigenvalue weighted by Crippen LogP contribution is 2.11. The lowest BCUT2D eigenvalue weighted by atomic mass is 9.99. The summed E-state index contributed by atoms with van der Waals surface area (Å²) in [6.45, 7) is 7.14. The molecule has 0 aliphatic carbocycles. The van der Waals surface area contributed by atoms with E-state index >= 15 is 0 Å². The molecule has 0 heterocycles. The fraction of sp³-hybridized carbons (Fsp3) is 1.00. The molecule has 0 amide bonds. The highest BCUT2D eigenvalue weighted by atomic mass is 16.5. The fourth-order valence-electron chi connectivity index (χ4n) is 1.44. The molecule has 86 valence electrons. The Morgan fingerprint density at radius 2 is 2.00 bits per heavy atom. The van der Waals surface area contributed by atoms with Crippen LogP contribution in [0, 0.1) is 5.92 Å². The predicted octanol–water partition coefficient (Wildman–Crippen LogP) is 1.67. The summed E-state index contributed by atoms with van der Waals surface area (Å²) in [6.07, 6.45) is 2.70. The van der Waals surface area contributed by atoms with Crippen LogP contribution in [0.1, 0.15) is 26.7 Å². The average molecular weight is 203 g/mol. The third kappa shape index (κ3) is 7.30. The van der Waals surface area contributed by atoms with Gasteiger partial charge in [-0.3, -0.25) is 0 Å². The smallest absolute Gasteiger partial charge is 0.0587 e. The Kier molecular flexibility index (Phi) is 9.35. The Morgan fingerprint density at radius 1 is 1.29 bits per heavy atom. The zero-order chi connectivity index (χ0) is 10.8. The largest absolute Gasteiger partial charge is 0.383 e. The molecule has 0 saturated heterocycles. The summed E-state index contributed by atoms with van der Waals surface area (Å²) in [5.74, 6) is 0.710. The van der Waals surface area contributed by atoms with E-state index in [1.165, 1.54) is 6.42 Å². The molecule has 0 spiro atoms. The third-order valence-corrected chi connectivity index (χ3v) is 2.56. The van der Waals surface area contributed by atoms with Crippen molar-refractivity contribution in [1.82, 2.24) is 5.32 Å². The second-order valence-electron chi connectivity index (χ2n) is 3.75. The first-order chi connectivity index (χ1) is 6.74. The summed E-state index contributed by atoms with van der Waals surface area (Å²) >= 11 is 0. The first-order valence-electron chi connectivity index (χ1n) is 5.47. The van der Waals surface area contributed by atoms with Gasteiger partial charge in [-0.1, -0.05) is 13.3 Å². The van der Waals surface area contributed by atoms with E-state index in [0.29, 0.717) is 12.0 Å². The maximum atomic E-state index is 5.26. The van der Waals surface area contributed by atoms with E-state index in [1.54, 1.807) is 14.2 Å². The van der Waals surface area contributed by atoms with Crippen LogP contribution < -0.4 is 5.32 Å². The molecule has 0 radical (unpaired) electrons. The number of nitrogens with one attached hydrogen (secondary N) is 1. The van der Waals surface area contributed by atoms with Gasteiger partial charge in [0.2, 0.25) is 0 Å². The molecule has 2 atom stereocenters. The molecule has 0 aromatic rings. The van der Waals surface area contributed by atoms with Gasteiger partial charge in [-0.15, -0.1) is 0 Å². The third-order valence-electron chi connectivity index (χ3n) is 2.56. The van der Waals surface area contributed by atoms with Crippen molar-refractivity contribution in [3.63, 3.8) is 0 Å². The summed E-state index contributed by atoms with van der Waals surface area (Å²) in [6, 6.07) is 0. The quantitative estimate of drug-likeness (QED) is 0.578. The Labute approximate surface area is 88.2 Å². The predicted molar refractivity (Wildman–Crippen MR) is 59.6 cm³/mol. The lowest BCUT2D eigenvalue weighted by molar-refractivity contribution is 0.0935. The van der Waals surface area contributed by atoms with E-state index in [2.05, 4.69) is 19.2 Å². The van der Waals surface area contributed by atoms with E-state index in [9.17, 15) is 0 Å². The van der Waals surface area contributed by atoms with Crippen molar-refractivity contribution in [2.24, 2.45) is 5.92 Å². The van der Waals surface area contributed by atoms with Crippen molar-refractivity contribution in [3.05, 3.63) is 0 Å². The fourth-order valence-corrected chi connectivity index (χ4v) is 1.44. The summed E-state index contributed by atoms with van der Waals surface area (Å²) in [4.78, 5) is 0. The van der Waals surface area contributed by atoms with Gasteiger partial charge in [0.1, 0.15) is 0 Å². The zero-order valence-corrected chi connectivity index (χ0v) is 10.0. The van der Waals surface area contributed by atoms with Crippen LogP contribution in [-0.2, 0) is 9.47 Å². The maximum absolute atomic E-state index is 5.26. The average Bonchev–Trinajstić information content (AvgIpc) is 2.22. The van der Waals surface area contributed by atoms with Crippen LogP contribution in [0.25, 0.3) is 0 Å². The minimum Gasteiger partial charge on any atom is -0.383 e. The molecular weight excluding hydrogens is 178 g/mol. The molecular formula is C11H25NO2. The molecule has 3 heteroatoms. The number of rotatable bonds is 9. The highest BCUT2D eigenvalue weighted by molar-refractivity contribution is 4.64. The van der Waals surface area contributed by atoms with Crippen molar-refractivity contribution in [2.45, 2.75) is 32.8 Å². The van der Waals surface area contributed by atoms with Gasteiger partial charge in [-0.05, 0) is 25.8 Å². The number of hydrogen-bond acceptors (Lipinski definition) is 3. The van der Waals surface area contributed by atoms with Crippen LogP contribution in [0.15, 0.2) is 0 Å². The van der Waals surface area contributed by atoms with E-state index in [0.717, 1.165) is 26.1 Å². The number of methoxy groups -OCH3 is 2. The number of ether oxygens (including phenoxy) is 2. The Hall–Kier alpha value is -0.120. The van der Waals surface area contributed by atoms with Crippen LogP contribution in [0.2, 0.25) is 0 Å². The normalized spacial score (nSPS) is 15.4. The molecule has 2 unspecified atom stereocenters. The van der Waals surface area contributed by atoms with E-state index in [4.69, 9.17) is 9.47 Å². The van der Waals surface area contributed by atoms with Gasteiger partial charge >= 0.3 is 0 Å². The van der Waals surface area contributed by atoms with Gasteiger partial charge in [-0.25, -0.2) is 0 Å². The summed E-state index contributed by atoms with van der Waals surface area (Å²) in [5, 5.41) is 3.39. The van der Waals surface area contributed by atoms with Gasteiger partial charge < -0.3 is 14.8 Å². The molecule has 0 aliphatic heterocycles. The summed E-state index contributed by atoms with van der Waals surface area (Å²) < 4.78 is 10.2. The Morgan fingerprint density at radius 3 is 2.50 bits per heavy atom. The SMILES string of the molecule is CCC(CNCCOC)CC(C)OC. The summed E-state index contributed by atoms with van der Waals surface area (Å²) in [5.41, 5.74) is 0. The van der Waals surface area contributed by atoms with E-state index in [-0.39, 0.29) is 0 Å². The first-order valence-corrected chi connectivity index (χ1v) is 5.47. The topological polar surface area (TPSA) is 30.5 Å². The van der Waals surface area contributed by atoms with Crippen LogP contribution in [0.4, 0.5) is 0 Å². The van der Waals surface area contributed by atoms with Gasteiger partial charge in [0.05, 0.1) is 12.7 Å². The second kappa shape index (κ2) is 9.44. The lowest BCUT2D eigenvalue weighted by Gasteiger charge is -2.19. The molecule has 0 saturated carbocycles. The van der Waals surface area contributed by atoms with Crippen molar-refractivity contribution in [2.75, 3.05) is 33.9 Å². The molecule has 3 nitrogen and oxygen atoms in total. The first kappa shape index (κ1) is 13.9. The molecule has 0 aromatic heterocycles. The summed E-state index contributed by atoms with van der Waals surface area (Å²) in [7, 11) is 3.50. The molecule has 0 aliphatic rings. The zero-order valence-electron chi connectivity index (χ0n) is 10.0. The van der Waals surface area contributed by atoms with Crippen molar-refractivity contribution in [1.29, 1.82) is 0 Å². The van der Waals surface area contributed by atoms with Crippen LogP contribution >= 0.6 is 0 Å². The molecule has 0 rings (SSSR count). The standard InChI is InChI=1S/C11H25NO2/c1-5-11(8-10(2)14-4)9-12-6-7-13-3/h10-12H,5-9H2,1-4H3. The monoisotopic (exact) mass is 203 g/mol. The minimum absolute atomic E-state index is 0.365. The van der Waals surface area contributed by atoms with Crippen molar-refractivity contribution in [3.8, 4) is 0 Å². The van der Waals surface area contributed by atoms with Gasteiger partial charge in [0.15, 0.2) is 0 Å².